The molecule has 1 heterocycles. The van der Waals surface area contributed by atoms with E-state index in [-0.39, 0.29) is 17.8 Å². The highest BCUT2D eigenvalue weighted by Gasteiger charge is 2.23. The number of rotatable bonds is 2. The third-order valence-electron chi connectivity index (χ3n) is 4.03. The minimum absolute atomic E-state index is 0.0305. The molecule has 1 atom stereocenters. The van der Waals surface area contributed by atoms with Crippen LogP contribution in [-0.2, 0) is 11.2 Å². The predicted molar refractivity (Wildman–Crippen MR) is 82.3 cm³/mol. The van der Waals surface area contributed by atoms with Gasteiger partial charge < -0.3 is 14.6 Å². The number of phenolic OH excluding ortho intramolecular Hbond substituents is 1. The molecule has 0 radical (unpaired) electrons. The molecular formula is C18H18O4. The topological polar surface area (TPSA) is 55.8 Å². The van der Waals surface area contributed by atoms with Crippen molar-refractivity contribution in [3.05, 3.63) is 58.7 Å². The van der Waals surface area contributed by atoms with Gasteiger partial charge in [-0.2, -0.15) is 0 Å². The second-order valence-electron chi connectivity index (χ2n) is 5.50. The Morgan fingerprint density at radius 2 is 2.09 bits per heavy atom. The average Bonchev–Trinajstić information content (AvgIpc) is 2.53. The van der Waals surface area contributed by atoms with Crippen molar-refractivity contribution in [3.63, 3.8) is 0 Å². The van der Waals surface area contributed by atoms with E-state index in [0.717, 1.165) is 35.3 Å². The molecular weight excluding hydrogens is 280 g/mol. The maximum atomic E-state index is 11.6. The molecule has 22 heavy (non-hydrogen) atoms. The summed E-state index contributed by atoms with van der Waals surface area (Å²) in [4.78, 5) is 11.6. The molecule has 1 aliphatic rings. The first kappa shape index (κ1) is 14.4. The molecule has 2 aromatic carbocycles. The van der Waals surface area contributed by atoms with Gasteiger partial charge in [-0.15, -0.1) is 0 Å². The van der Waals surface area contributed by atoms with Crippen LogP contribution in [0.3, 0.4) is 0 Å². The van der Waals surface area contributed by atoms with E-state index in [9.17, 15) is 9.90 Å². The average molecular weight is 298 g/mol. The molecule has 1 unspecified atom stereocenters. The Bertz CT molecular complexity index is 721. The molecule has 0 saturated carbocycles. The predicted octanol–water partition coefficient (Wildman–Crippen LogP) is 3.55. The number of carbonyl (C=O) groups is 1. The monoisotopic (exact) mass is 298 g/mol. The zero-order valence-corrected chi connectivity index (χ0v) is 12.6. The Morgan fingerprint density at radius 3 is 2.82 bits per heavy atom. The highest BCUT2D eigenvalue weighted by Crippen LogP contribution is 2.37. The van der Waals surface area contributed by atoms with Crippen molar-refractivity contribution < 1.29 is 19.4 Å². The number of phenols is 1. The molecule has 4 heteroatoms. The van der Waals surface area contributed by atoms with E-state index < -0.39 is 0 Å². The third-order valence-corrected chi connectivity index (χ3v) is 4.03. The van der Waals surface area contributed by atoms with Gasteiger partial charge in [0.05, 0.1) is 12.7 Å². The summed E-state index contributed by atoms with van der Waals surface area (Å²) in [5.74, 6) is 0.732. The fraction of sp³-hybridized carbons (Fsp3) is 0.278. The van der Waals surface area contributed by atoms with Crippen LogP contribution in [-0.4, -0.2) is 18.2 Å². The smallest absolute Gasteiger partial charge is 0.337 e. The van der Waals surface area contributed by atoms with E-state index in [0.29, 0.717) is 5.56 Å². The van der Waals surface area contributed by atoms with Crippen LogP contribution in [0, 0.1) is 6.92 Å². The van der Waals surface area contributed by atoms with Crippen LogP contribution < -0.4 is 4.74 Å². The molecule has 0 fully saturated rings. The van der Waals surface area contributed by atoms with Crippen molar-refractivity contribution in [2.75, 3.05) is 7.11 Å². The van der Waals surface area contributed by atoms with Crippen LogP contribution in [0.2, 0.25) is 0 Å². The Balaban J connectivity index is 1.86. The Hall–Kier alpha value is -2.49. The van der Waals surface area contributed by atoms with Crippen LogP contribution >= 0.6 is 0 Å². The lowest BCUT2D eigenvalue weighted by atomic mass is 9.94. The summed E-state index contributed by atoms with van der Waals surface area (Å²) in [7, 11) is 1.38. The van der Waals surface area contributed by atoms with Crippen molar-refractivity contribution in [1.82, 2.24) is 0 Å². The van der Waals surface area contributed by atoms with Gasteiger partial charge >= 0.3 is 5.97 Å². The lowest BCUT2D eigenvalue weighted by Gasteiger charge is -2.27. The first-order valence-electron chi connectivity index (χ1n) is 7.26. The molecule has 3 rings (SSSR count). The van der Waals surface area contributed by atoms with Gasteiger partial charge in [-0.25, -0.2) is 4.79 Å². The number of aromatic hydroxyl groups is 1. The summed E-state index contributed by atoms with van der Waals surface area (Å²) in [5.41, 5.74) is 3.67. The van der Waals surface area contributed by atoms with E-state index in [1.165, 1.54) is 7.11 Å². The van der Waals surface area contributed by atoms with Crippen LogP contribution in [0.4, 0.5) is 0 Å². The van der Waals surface area contributed by atoms with Crippen molar-refractivity contribution in [2.24, 2.45) is 0 Å². The molecule has 0 aliphatic carbocycles. The summed E-state index contributed by atoms with van der Waals surface area (Å²) in [6.45, 7) is 1.97. The highest BCUT2D eigenvalue weighted by molar-refractivity contribution is 5.89. The minimum Gasteiger partial charge on any atom is -0.508 e. The zero-order chi connectivity index (χ0) is 15.7. The number of aryl methyl sites for hydroxylation is 2. The Morgan fingerprint density at radius 1 is 1.27 bits per heavy atom. The zero-order valence-electron chi connectivity index (χ0n) is 12.6. The molecule has 114 valence electrons. The van der Waals surface area contributed by atoms with E-state index in [2.05, 4.69) is 0 Å². The number of benzene rings is 2. The minimum atomic E-state index is -0.334. The van der Waals surface area contributed by atoms with Gasteiger partial charge in [-0.05, 0) is 66.8 Å². The van der Waals surface area contributed by atoms with Gasteiger partial charge in [0.1, 0.15) is 17.6 Å². The lowest BCUT2D eigenvalue weighted by molar-refractivity contribution is 0.0600. The van der Waals surface area contributed by atoms with E-state index in [1.807, 2.05) is 25.1 Å². The number of esters is 1. The molecule has 1 aliphatic heterocycles. The fourth-order valence-electron chi connectivity index (χ4n) is 2.87. The first-order chi connectivity index (χ1) is 10.6. The van der Waals surface area contributed by atoms with Crippen LogP contribution in [0.25, 0.3) is 0 Å². The molecule has 0 amide bonds. The molecule has 0 saturated heterocycles. The van der Waals surface area contributed by atoms with Crippen molar-refractivity contribution in [1.29, 1.82) is 0 Å². The number of hydrogen-bond donors (Lipinski definition) is 1. The molecule has 0 spiro atoms. The largest absolute Gasteiger partial charge is 0.508 e. The van der Waals surface area contributed by atoms with Gasteiger partial charge in [0.25, 0.3) is 0 Å². The number of ether oxygens (including phenoxy) is 2. The summed E-state index contributed by atoms with van der Waals surface area (Å²) < 4.78 is 10.8. The van der Waals surface area contributed by atoms with Crippen molar-refractivity contribution in [2.45, 2.75) is 25.9 Å². The summed E-state index contributed by atoms with van der Waals surface area (Å²) in [6.07, 6.45) is 1.64. The maximum Gasteiger partial charge on any atom is 0.337 e. The van der Waals surface area contributed by atoms with Gasteiger partial charge in [-0.3, -0.25) is 0 Å². The second kappa shape index (κ2) is 5.72. The quantitative estimate of drug-likeness (QED) is 0.861. The molecule has 0 aromatic heterocycles. The van der Waals surface area contributed by atoms with E-state index in [4.69, 9.17) is 9.47 Å². The first-order valence-corrected chi connectivity index (χ1v) is 7.26. The summed E-state index contributed by atoms with van der Waals surface area (Å²) >= 11 is 0. The highest BCUT2D eigenvalue weighted by atomic mass is 16.5. The SMILES string of the molecule is COC(=O)c1ccc2c(c1)CCC(c1ccc(O)cc1C)O2. The molecule has 1 N–H and O–H groups in total. The van der Waals surface area contributed by atoms with Crippen LogP contribution in [0.5, 0.6) is 11.5 Å². The number of methoxy groups -OCH3 is 1. The second-order valence-corrected chi connectivity index (χ2v) is 5.50. The number of hydrogen-bond acceptors (Lipinski definition) is 4. The van der Waals surface area contributed by atoms with Gasteiger partial charge in [-0.1, -0.05) is 6.07 Å². The standard InChI is InChI=1S/C18H18O4/c1-11-9-14(19)5-6-15(11)17-8-3-12-10-13(18(20)21-2)4-7-16(12)22-17/h4-7,9-10,17,19H,3,8H2,1-2H3. The molecule has 0 bridgehead atoms. The van der Waals surface area contributed by atoms with Gasteiger partial charge in [0.2, 0.25) is 0 Å². The van der Waals surface area contributed by atoms with E-state index >= 15 is 0 Å². The summed E-state index contributed by atoms with van der Waals surface area (Å²) in [5, 5.41) is 9.51. The third kappa shape index (κ3) is 2.64. The van der Waals surface area contributed by atoms with Crippen molar-refractivity contribution >= 4 is 5.97 Å². The van der Waals surface area contributed by atoms with Gasteiger partial charge in [0, 0.05) is 0 Å². The van der Waals surface area contributed by atoms with Crippen LogP contribution in [0.15, 0.2) is 36.4 Å². The Labute approximate surface area is 129 Å². The number of fused-ring (bicyclic) bond motifs is 1. The summed E-state index contributed by atoms with van der Waals surface area (Å²) in [6, 6.07) is 10.7. The number of carbonyl (C=O) groups excluding carboxylic acids is 1. The normalized spacial score (nSPS) is 16.5. The van der Waals surface area contributed by atoms with Gasteiger partial charge in [0.15, 0.2) is 0 Å². The fourth-order valence-corrected chi connectivity index (χ4v) is 2.87. The molecule has 4 nitrogen and oxygen atoms in total. The lowest BCUT2D eigenvalue weighted by Crippen LogP contribution is -2.16. The Kier molecular flexibility index (Phi) is 3.75. The van der Waals surface area contributed by atoms with E-state index in [1.54, 1.807) is 18.2 Å². The van der Waals surface area contributed by atoms with Crippen LogP contribution in [0.1, 0.15) is 39.6 Å². The maximum absolute atomic E-state index is 11.6. The molecule has 2 aromatic rings. The van der Waals surface area contributed by atoms with Crippen molar-refractivity contribution in [3.8, 4) is 11.5 Å².